The normalized spacial score (nSPS) is 9.60. The smallest absolute Gasteiger partial charge is 0.316 e. The largest absolute Gasteiger partial charge is 0.352 e. The zero-order chi connectivity index (χ0) is 7.11. The van der Waals surface area contributed by atoms with Crippen LogP contribution < -0.4 is 0 Å². The Morgan fingerprint density at radius 2 is 1.60 bits per heavy atom. The summed E-state index contributed by atoms with van der Waals surface area (Å²) in [7, 11) is 0. The van der Waals surface area contributed by atoms with Crippen LogP contribution in [0.15, 0.2) is 0 Å². The Bertz CT molecular complexity index is 57.7. The molecular weight excluding hydrogens is 208 g/mol. The first-order valence-electron chi connectivity index (χ1n) is 3.14. The molecule has 0 aliphatic carbocycles. The zero-order valence-corrected chi connectivity index (χ0v) is 7.48. The summed E-state index contributed by atoms with van der Waals surface area (Å²) >= 11 is 3.27. The molecule has 0 rings (SSSR count). The highest BCUT2D eigenvalue weighted by atomic mass is 79.9. The van der Waals surface area contributed by atoms with Crippen molar-refractivity contribution in [2.24, 2.45) is 0 Å². The average Bonchev–Trinajstić information content (AvgIpc) is 1.88. The van der Waals surface area contributed by atoms with Crippen molar-refractivity contribution in [1.82, 2.24) is 0 Å². The standard InChI is InChI=1S/C6H13BrO2.Mg.2H/c1-3-8-6(5-7)9-4-2;;;/h6H,3-5H2,1-2H3;;;. The summed E-state index contributed by atoms with van der Waals surface area (Å²) in [5, 5.41) is 0.745. The van der Waals surface area contributed by atoms with Gasteiger partial charge in [0.2, 0.25) is 0 Å². The molecule has 0 aliphatic rings. The van der Waals surface area contributed by atoms with Gasteiger partial charge in [-0.25, -0.2) is 0 Å². The van der Waals surface area contributed by atoms with Gasteiger partial charge in [-0.15, -0.1) is 0 Å². The van der Waals surface area contributed by atoms with Crippen molar-refractivity contribution >= 4 is 39.0 Å². The van der Waals surface area contributed by atoms with E-state index in [0.717, 1.165) is 5.33 Å². The number of hydrogen-bond acceptors (Lipinski definition) is 2. The second kappa shape index (κ2) is 10.2. The van der Waals surface area contributed by atoms with Gasteiger partial charge in [0.25, 0.3) is 0 Å². The van der Waals surface area contributed by atoms with Crippen molar-refractivity contribution in [2.45, 2.75) is 20.1 Å². The molecule has 0 aromatic heterocycles. The van der Waals surface area contributed by atoms with Crippen molar-refractivity contribution in [3.05, 3.63) is 0 Å². The quantitative estimate of drug-likeness (QED) is 0.391. The van der Waals surface area contributed by atoms with Crippen molar-refractivity contribution in [3.8, 4) is 0 Å². The number of ether oxygens (including phenoxy) is 2. The van der Waals surface area contributed by atoms with E-state index < -0.39 is 0 Å². The molecule has 0 heterocycles. The molecule has 2 nitrogen and oxygen atoms in total. The number of rotatable bonds is 5. The van der Waals surface area contributed by atoms with E-state index in [-0.39, 0.29) is 29.3 Å². The molecule has 0 saturated heterocycles. The molecule has 4 heteroatoms. The first-order chi connectivity index (χ1) is 4.35. The number of halogens is 1. The molecule has 0 N–H and O–H groups in total. The maximum atomic E-state index is 5.16. The summed E-state index contributed by atoms with van der Waals surface area (Å²) in [6, 6.07) is 0. The lowest BCUT2D eigenvalue weighted by atomic mass is 10.7. The minimum absolute atomic E-state index is 0. The maximum absolute atomic E-state index is 5.16. The molecule has 0 aromatic rings. The van der Waals surface area contributed by atoms with E-state index in [2.05, 4.69) is 15.9 Å². The van der Waals surface area contributed by atoms with Crippen molar-refractivity contribution in [3.63, 3.8) is 0 Å². The third kappa shape index (κ3) is 7.28. The molecule has 0 saturated carbocycles. The topological polar surface area (TPSA) is 18.5 Å². The van der Waals surface area contributed by atoms with E-state index in [1.165, 1.54) is 0 Å². The molecule has 0 radical (unpaired) electrons. The minimum atomic E-state index is -0.0694. The van der Waals surface area contributed by atoms with E-state index in [1.807, 2.05) is 13.8 Å². The molecule has 10 heavy (non-hydrogen) atoms. The van der Waals surface area contributed by atoms with Crippen molar-refractivity contribution < 1.29 is 9.47 Å². The van der Waals surface area contributed by atoms with Gasteiger partial charge in [-0.05, 0) is 13.8 Å². The third-order valence-corrected chi connectivity index (χ3v) is 1.36. The lowest BCUT2D eigenvalue weighted by Gasteiger charge is -2.12. The first-order valence-corrected chi connectivity index (χ1v) is 4.26. The molecule has 0 unspecified atom stereocenters. The highest BCUT2D eigenvalue weighted by Gasteiger charge is 2.02. The zero-order valence-electron chi connectivity index (χ0n) is 5.89. The predicted octanol–water partition coefficient (Wildman–Crippen LogP) is 0.864. The Labute approximate surface area is 86.9 Å². The van der Waals surface area contributed by atoms with Crippen LogP contribution in [-0.2, 0) is 9.47 Å². The van der Waals surface area contributed by atoms with Crippen molar-refractivity contribution in [2.75, 3.05) is 18.5 Å². The van der Waals surface area contributed by atoms with Crippen LogP contribution in [0.1, 0.15) is 13.8 Å². The van der Waals surface area contributed by atoms with Crippen LogP contribution in [0.25, 0.3) is 0 Å². The minimum Gasteiger partial charge on any atom is -0.352 e. The van der Waals surface area contributed by atoms with Gasteiger partial charge in [-0.3, -0.25) is 0 Å². The number of hydrogen-bond donors (Lipinski definition) is 0. The van der Waals surface area contributed by atoms with E-state index >= 15 is 0 Å². The summed E-state index contributed by atoms with van der Waals surface area (Å²) in [5.74, 6) is 0. The van der Waals surface area contributed by atoms with Crippen LogP contribution in [0.4, 0.5) is 0 Å². The van der Waals surface area contributed by atoms with Gasteiger partial charge < -0.3 is 9.47 Å². The molecule has 0 aliphatic heterocycles. The van der Waals surface area contributed by atoms with Gasteiger partial charge in [0.15, 0.2) is 6.29 Å². The molecule has 0 aromatic carbocycles. The fraction of sp³-hybridized carbons (Fsp3) is 1.00. The summed E-state index contributed by atoms with van der Waals surface area (Å²) in [4.78, 5) is 0. The van der Waals surface area contributed by atoms with Crippen LogP contribution in [0, 0.1) is 0 Å². The van der Waals surface area contributed by atoms with E-state index in [4.69, 9.17) is 9.47 Å². The fourth-order valence-corrected chi connectivity index (χ4v) is 0.883. The van der Waals surface area contributed by atoms with Crippen LogP contribution in [0.2, 0.25) is 0 Å². The van der Waals surface area contributed by atoms with Gasteiger partial charge in [-0.2, -0.15) is 0 Å². The van der Waals surface area contributed by atoms with Gasteiger partial charge >= 0.3 is 23.1 Å². The molecule has 0 bridgehead atoms. The van der Waals surface area contributed by atoms with E-state index in [1.54, 1.807) is 0 Å². The Hall–Kier alpha value is 1.17. The van der Waals surface area contributed by atoms with Crippen molar-refractivity contribution in [1.29, 1.82) is 0 Å². The van der Waals surface area contributed by atoms with Gasteiger partial charge in [0.1, 0.15) is 0 Å². The monoisotopic (exact) mass is 222 g/mol. The van der Waals surface area contributed by atoms with Crippen LogP contribution >= 0.6 is 15.9 Å². The summed E-state index contributed by atoms with van der Waals surface area (Å²) < 4.78 is 10.3. The van der Waals surface area contributed by atoms with Crippen LogP contribution in [0.5, 0.6) is 0 Å². The Balaban J connectivity index is 0. The highest BCUT2D eigenvalue weighted by Crippen LogP contribution is 1.98. The second-order valence-electron chi connectivity index (χ2n) is 1.49. The summed E-state index contributed by atoms with van der Waals surface area (Å²) in [5.41, 5.74) is 0. The summed E-state index contributed by atoms with van der Waals surface area (Å²) in [6.07, 6.45) is -0.0694. The lowest BCUT2D eigenvalue weighted by Crippen LogP contribution is -2.18. The van der Waals surface area contributed by atoms with E-state index in [0.29, 0.717) is 13.2 Å². The molecule has 0 atom stereocenters. The Morgan fingerprint density at radius 3 is 1.80 bits per heavy atom. The lowest BCUT2D eigenvalue weighted by molar-refractivity contribution is -0.119. The Kier molecular flexibility index (Phi) is 14.0. The molecule has 0 fully saturated rings. The highest BCUT2D eigenvalue weighted by molar-refractivity contribution is 9.09. The van der Waals surface area contributed by atoms with Gasteiger partial charge in [0, 0.05) is 13.2 Å². The van der Waals surface area contributed by atoms with Gasteiger partial charge in [-0.1, -0.05) is 15.9 Å². The van der Waals surface area contributed by atoms with Crippen LogP contribution in [0.3, 0.4) is 0 Å². The SMILES string of the molecule is CCOC(CBr)OCC.[MgH2]. The average molecular weight is 223 g/mol. The molecular formula is C6H15BrMgO2. The van der Waals surface area contributed by atoms with Gasteiger partial charge in [0.05, 0.1) is 5.33 Å². The maximum Gasteiger partial charge on any atom is 0.316 e. The third-order valence-electron chi connectivity index (χ3n) is 0.831. The second-order valence-corrected chi connectivity index (χ2v) is 2.14. The summed E-state index contributed by atoms with van der Waals surface area (Å²) in [6.45, 7) is 5.32. The first kappa shape index (κ1) is 13.7. The molecule has 0 amide bonds. The van der Waals surface area contributed by atoms with E-state index in [9.17, 15) is 0 Å². The van der Waals surface area contributed by atoms with Crippen LogP contribution in [-0.4, -0.2) is 47.9 Å². The molecule has 0 spiro atoms. The predicted molar refractivity (Wildman–Crippen MR) is 49.4 cm³/mol. The number of alkyl halides is 1. The Morgan fingerprint density at radius 1 is 1.20 bits per heavy atom. The fourth-order valence-electron chi connectivity index (χ4n) is 0.509. The molecule has 60 valence electrons.